The van der Waals surface area contributed by atoms with Gasteiger partial charge in [-0.2, -0.15) is 5.10 Å². The normalized spacial score (nSPS) is 11.4. The standard InChI is InChI=1S/C23H23ClN4O3/c1-14(2)31-23-18(24)11-15(13-25-23)19-12-20(27-26-19)16-5-3-6-21-17(16)8-10-28(21)9-4-7-22(29)30/h3,5-6,8,10-14H,4,7,9H2,1-2H3,(H,26,27)(H,29,30). The minimum Gasteiger partial charge on any atom is -0.481 e. The lowest BCUT2D eigenvalue weighted by Gasteiger charge is -2.10. The summed E-state index contributed by atoms with van der Waals surface area (Å²) < 4.78 is 7.68. The number of hydrogen-bond acceptors (Lipinski definition) is 4. The highest BCUT2D eigenvalue weighted by Crippen LogP contribution is 2.32. The maximum absolute atomic E-state index is 10.8. The zero-order valence-electron chi connectivity index (χ0n) is 17.3. The summed E-state index contributed by atoms with van der Waals surface area (Å²) in [5.41, 5.74) is 4.48. The van der Waals surface area contributed by atoms with Gasteiger partial charge >= 0.3 is 5.97 Å². The second-order valence-corrected chi connectivity index (χ2v) is 8.00. The molecule has 0 radical (unpaired) electrons. The molecule has 0 saturated heterocycles. The zero-order valence-corrected chi connectivity index (χ0v) is 18.1. The Hall–Kier alpha value is -3.32. The predicted octanol–water partition coefficient (Wildman–Crippen LogP) is 5.40. The maximum Gasteiger partial charge on any atom is 0.303 e. The molecule has 3 aromatic heterocycles. The monoisotopic (exact) mass is 438 g/mol. The number of carboxylic acids is 1. The number of carbonyl (C=O) groups is 1. The molecule has 0 fully saturated rings. The first-order valence-corrected chi connectivity index (χ1v) is 10.5. The van der Waals surface area contributed by atoms with Gasteiger partial charge in [0.1, 0.15) is 5.02 Å². The Kier molecular flexibility index (Phi) is 5.95. The lowest BCUT2D eigenvalue weighted by molar-refractivity contribution is -0.137. The molecule has 0 saturated carbocycles. The average molecular weight is 439 g/mol. The largest absolute Gasteiger partial charge is 0.481 e. The predicted molar refractivity (Wildman–Crippen MR) is 120 cm³/mol. The summed E-state index contributed by atoms with van der Waals surface area (Å²) in [6.45, 7) is 4.50. The lowest BCUT2D eigenvalue weighted by atomic mass is 10.1. The van der Waals surface area contributed by atoms with Crippen molar-refractivity contribution in [2.24, 2.45) is 0 Å². The van der Waals surface area contributed by atoms with Crippen LogP contribution in [0.3, 0.4) is 0 Å². The Morgan fingerprint density at radius 1 is 1.29 bits per heavy atom. The number of aryl methyl sites for hydroxylation is 1. The van der Waals surface area contributed by atoms with Crippen molar-refractivity contribution in [1.82, 2.24) is 19.7 Å². The molecular weight excluding hydrogens is 416 g/mol. The second-order valence-electron chi connectivity index (χ2n) is 7.59. The number of nitrogens with one attached hydrogen (secondary N) is 1. The Morgan fingerprint density at radius 3 is 2.87 bits per heavy atom. The SMILES string of the molecule is CC(C)Oc1ncc(-c2cc(-c3cccc4c3ccn4CCCC(=O)O)[nH]n2)cc1Cl. The number of pyridine rings is 1. The molecule has 8 heteroatoms. The van der Waals surface area contributed by atoms with Crippen LogP contribution < -0.4 is 4.74 Å². The minimum absolute atomic E-state index is 0.00948. The second kappa shape index (κ2) is 8.81. The molecule has 0 aliphatic carbocycles. The van der Waals surface area contributed by atoms with Crippen LogP contribution in [-0.2, 0) is 11.3 Å². The van der Waals surface area contributed by atoms with Crippen molar-refractivity contribution in [3.63, 3.8) is 0 Å². The van der Waals surface area contributed by atoms with Crippen LogP contribution in [0.1, 0.15) is 26.7 Å². The number of hydrogen-bond donors (Lipinski definition) is 2. The fourth-order valence-corrected chi connectivity index (χ4v) is 3.75. The number of aromatic nitrogens is 4. The maximum atomic E-state index is 10.8. The number of ether oxygens (including phenoxy) is 1. The van der Waals surface area contributed by atoms with Gasteiger partial charge in [0.25, 0.3) is 0 Å². The van der Waals surface area contributed by atoms with E-state index in [9.17, 15) is 4.79 Å². The highest BCUT2D eigenvalue weighted by molar-refractivity contribution is 6.32. The molecule has 4 aromatic rings. The molecule has 0 unspecified atom stereocenters. The Bertz CT molecular complexity index is 1230. The van der Waals surface area contributed by atoms with E-state index in [0.29, 0.717) is 23.9 Å². The highest BCUT2D eigenvalue weighted by Gasteiger charge is 2.13. The molecule has 0 aliphatic heterocycles. The van der Waals surface area contributed by atoms with Gasteiger partial charge in [0, 0.05) is 47.4 Å². The number of H-pyrrole nitrogens is 1. The number of benzene rings is 1. The molecule has 0 bridgehead atoms. The van der Waals surface area contributed by atoms with Gasteiger partial charge in [-0.1, -0.05) is 23.7 Å². The minimum atomic E-state index is -0.777. The summed E-state index contributed by atoms with van der Waals surface area (Å²) in [5, 5.41) is 17.9. The number of aromatic amines is 1. The van der Waals surface area contributed by atoms with Crippen molar-refractivity contribution in [2.45, 2.75) is 39.3 Å². The van der Waals surface area contributed by atoms with E-state index in [1.165, 1.54) is 0 Å². The first-order chi connectivity index (χ1) is 14.9. The van der Waals surface area contributed by atoms with E-state index in [1.54, 1.807) is 12.3 Å². The zero-order chi connectivity index (χ0) is 22.0. The van der Waals surface area contributed by atoms with Gasteiger partial charge < -0.3 is 14.4 Å². The fraction of sp³-hybridized carbons (Fsp3) is 0.261. The third-order valence-electron chi connectivity index (χ3n) is 4.92. The Labute approximate surface area is 184 Å². The van der Waals surface area contributed by atoms with E-state index in [4.69, 9.17) is 21.4 Å². The quantitative estimate of drug-likeness (QED) is 0.384. The Morgan fingerprint density at radius 2 is 2.13 bits per heavy atom. The van der Waals surface area contributed by atoms with Crippen LogP contribution >= 0.6 is 11.6 Å². The van der Waals surface area contributed by atoms with Gasteiger partial charge in [0.2, 0.25) is 5.88 Å². The van der Waals surface area contributed by atoms with Crippen molar-refractivity contribution in [2.75, 3.05) is 0 Å². The van der Waals surface area contributed by atoms with Crippen LogP contribution in [0, 0.1) is 0 Å². The fourth-order valence-electron chi connectivity index (χ4n) is 3.54. The van der Waals surface area contributed by atoms with Crippen molar-refractivity contribution < 1.29 is 14.6 Å². The van der Waals surface area contributed by atoms with Crippen molar-refractivity contribution >= 4 is 28.5 Å². The smallest absolute Gasteiger partial charge is 0.303 e. The van der Waals surface area contributed by atoms with Crippen LogP contribution in [0.2, 0.25) is 5.02 Å². The highest BCUT2D eigenvalue weighted by atomic mass is 35.5. The molecule has 0 atom stereocenters. The molecule has 2 N–H and O–H groups in total. The van der Waals surface area contributed by atoms with Crippen LogP contribution in [0.25, 0.3) is 33.4 Å². The van der Waals surface area contributed by atoms with Gasteiger partial charge in [-0.25, -0.2) is 4.98 Å². The summed E-state index contributed by atoms with van der Waals surface area (Å²) in [6, 6.07) is 11.9. The lowest BCUT2D eigenvalue weighted by Crippen LogP contribution is -2.07. The number of rotatable bonds is 8. The number of halogens is 1. The van der Waals surface area contributed by atoms with E-state index < -0.39 is 5.97 Å². The summed E-state index contributed by atoms with van der Waals surface area (Å²) in [5.74, 6) is -0.370. The first kappa shape index (κ1) is 20.9. The molecular formula is C23H23ClN4O3. The molecule has 0 spiro atoms. The molecule has 3 heterocycles. The van der Waals surface area contributed by atoms with Crippen LogP contribution in [0.5, 0.6) is 5.88 Å². The summed E-state index contributed by atoms with van der Waals surface area (Å²) >= 11 is 6.32. The van der Waals surface area contributed by atoms with E-state index in [-0.39, 0.29) is 12.5 Å². The van der Waals surface area contributed by atoms with E-state index in [1.807, 2.05) is 50.4 Å². The van der Waals surface area contributed by atoms with Gasteiger partial charge in [-0.3, -0.25) is 9.89 Å². The average Bonchev–Trinajstić information content (AvgIpc) is 3.36. The van der Waals surface area contributed by atoms with E-state index in [2.05, 4.69) is 19.7 Å². The number of nitrogens with zero attached hydrogens (tertiary/aromatic N) is 3. The van der Waals surface area contributed by atoms with Crippen molar-refractivity contribution in [1.29, 1.82) is 0 Å². The van der Waals surface area contributed by atoms with Gasteiger partial charge in [-0.05, 0) is 44.5 Å². The Balaban J connectivity index is 1.61. The molecule has 1 aromatic carbocycles. The summed E-state index contributed by atoms with van der Waals surface area (Å²) in [7, 11) is 0. The van der Waals surface area contributed by atoms with Crippen LogP contribution in [0.4, 0.5) is 0 Å². The van der Waals surface area contributed by atoms with Crippen LogP contribution in [-0.4, -0.2) is 36.9 Å². The summed E-state index contributed by atoms with van der Waals surface area (Å²) in [4.78, 5) is 15.1. The van der Waals surface area contributed by atoms with Crippen LogP contribution in [0.15, 0.2) is 48.8 Å². The third kappa shape index (κ3) is 4.56. The molecule has 0 amide bonds. The topological polar surface area (TPSA) is 93.0 Å². The number of fused-ring (bicyclic) bond motifs is 1. The molecule has 160 valence electrons. The molecule has 7 nitrogen and oxygen atoms in total. The van der Waals surface area contributed by atoms with E-state index >= 15 is 0 Å². The van der Waals surface area contributed by atoms with E-state index in [0.717, 1.165) is 33.4 Å². The van der Waals surface area contributed by atoms with Gasteiger partial charge in [0.05, 0.1) is 17.5 Å². The molecule has 31 heavy (non-hydrogen) atoms. The summed E-state index contributed by atoms with van der Waals surface area (Å²) in [6.07, 6.45) is 4.42. The molecule has 0 aliphatic rings. The van der Waals surface area contributed by atoms with Gasteiger partial charge in [-0.15, -0.1) is 0 Å². The van der Waals surface area contributed by atoms with Crippen molar-refractivity contribution in [3.05, 3.63) is 53.8 Å². The molecule has 4 rings (SSSR count). The first-order valence-electron chi connectivity index (χ1n) is 10.1. The third-order valence-corrected chi connectivity index (χ3v) is 5.19. The number of aliphatic carboxylic acids is 1. The van der Waals surface area contributed by atoms with Crippen molar-refractivity contribution in [3.8, 4) is 28.4 Å². The van der Waals surface area contributed by atoms with Gasteiger partial charge in [0.15, 0.2) is 0 Å². The number of carboxylic acid groups (broad SMARTS) is 1.